The number of hydrogen-bond acceptors (Lipinski definition) is 3. The molecule has 0 fully saturated rings. The summed E-state index contributed by atoms with van der Waals surface area (Å²) in [6.07, 6.45) is 0. The summed E-state index contributed by atoms with van der Waals surface area (Å²) in [5.41, 5.74) is 6.48. The third-order valence-corrected chi connectivity index (χ3v) is 3.57. The van der Waals surface area contributed by atoms with E-state index < -0.39 is 0 Å². The smallest absolute Gasteiger partial charge is 0.165 e. The molecule has 19 heavy (non-hydrogen) atoms. The van der Waals surface area contributed by atoms with E-state index >= 15 is 0 Å². The van der Waals surface area contributed by atoms with Crippen molar-refractivity contribution in [3.8, 4) is 11.4 Å². The van der Waals surface area contributed by atoms with E-state index in [-0.39, 0.29) is 0 Å². The van der Waals surface area contributed by atoms with E-state index in [1.54, 1.807) is 6.07 Å². The first-order valence-corrected chi connectivity index (χ1v) is 6.86. The highest BCUT2D eigenvalue weighted by Gasteiger charge is 2.17. The topological polar surface area (TPSA) is 56.7 Å². The third-order valence-electron chi connectivity index (χ3n) is 2.75. The summed E-state index contributed by atoms with van der Waals surface area (Å²) in [7, 11) is 0. The molecule has 0 bridgehead atoms. The van der Waals surface area contributed by atoms with Crippen molar-refractivity contribution in [3.05, 3.63) is 34.1 Å². The first-order valence-electron chi connectivity index (χ1n) is 6.11. The van der Waals surface area contributed by atoms with E-state index in [2.05, 4.69) is 24.0 Å². The number of hydrogen-bond donors (Lipinski definition) is 1. The first kappa shape index (κ1) is 14.3. The van der Waals surface area contributed by atoms with Crippen molar-refractivity contribution in [1.82, 2.24) is 14.8 Å². The van der Waals surface area contributed by atoms with Gasteiger partial charge in [-0.05, 0) is 18.1 Å². The van der Waals surface area contributed by atoms with Crippen LogP contribution in [0.4, 0.5) is 0 Å². The van der Waals surface area contributed by atoms with Crippen LogP contribution in [0.5, 0.6) is 0 Å². The van der Waals surface area contributed by atoms with Crippen molar-refractivity contribution in [2.75, 3.05) is 0 Å². The zero-order valence-corrected chi connectivity index (χ0v) is 12.4. The SMILES string of the molecule is CC(C)Cn1c(CN)nnc1-c1cccc(Cl)c1Cl. The van der Waals surface area contributed by atoms with Gasteiger partial charge in [-0.1, -0.05) is 43.1 Å². The highest BCUT2D eigenvalue weighted by Crippen LogP contribution is 2.32. The van der Waals surface area contributed by atoms with Crippen molar-refractivity contribution in [3.63, 3.8) is 0 Å². The zero-order chi connectivity index (χ0) is 14.0. The Morgan fingerprint density at radius 3 is 2.63 bits per heavy atom. The Morgan fingerprint density at radius 2 is 2.00 bits per heavy atom. The van der Waals surface area contributed by atoms with Gasteiger partial charge in [0.2, 0.25) is 0 Å². The molecule has 2 N–H and O–H groups in total. The first-order chi connectivity index (χ1) is 9.04. The van der Waals surface area contributed by atoms with Gasteiger partial charge in [0, 0.05) is 12.1 Å². The molecule has 0 atom stereocenters. The van der Waals surface area contributed by atoms with E-state index in [0.29, 0.717) is 28.3 Å². The maximum absolute atomic E-state index is 6.24. The Bertz CT molecular complexity index is 578. The highest BCUT2D eigenvalue weighted by atomic mass is 35.5. The van der Waals surface area contributed by atoms with Crippen LogP contribution in [0.1, 0.15) is 19.7 Å². The highest BCUT2D eigenvalue weighted by molar-refractivity contribution is 6.43. The van der Waals surface area contributed by atoms with Crippen molar-refractivity contribution in [2.45, 2.75) is 26.9 Å². The summed E-state index contributed by atoms with van der Waals surface area (Å²) in [4.78, 5) is 0. The Hall–Kier alpha value is -1.10. The summed E-state index contributed by atoms with van der Waals surface area (Å²) >= 11 is 12.3. The number of benzene rings is 1. The minimum atomic E-state index is 0.345. The van der Waals surface area contributed by atoms with Crippen LogP contribution in [0.3, 0.4) is 0 Å². The molecule has 6 heteroatoms. The number of aromatic nitrogens is 3. The normalized spacial score (nSPS) is 11.3. The van der Waals surface area contributed by atoms with Gasteiger partial charge in [-0.3, -0.25) is 0 Å². The van der Waals surface area contributed by atoms with Crippen LogP contribution in [0.15, 0.2) is 18.2 Å². The van der Waals surface area contributed by atoms with Crippen LogP contribution in [-0.2, 0) is 13.1 Å². The fourth-order valence-corrected chi connectivity index (χ4v) is 2.30. The molecule has 0 unspecified atom stereocenters. The molecule has 2 aromatic rings. The second-order valence-electron chi connectivity index (χ2n) is 4.75. The van der Waals surface area contributed by atoms with E-state index in [1.807, 2.05) is 16.7 Å². The molecule has 1 heterocycles. The van der Waals surface area contributed by atoms with Crippen LogP contribution in [0.2, 0.25) is 10.0 Å². The lowest BCUT2D eigenvalue weighted by Gasteiger charge is -2.13. The second-order valence-corrected chi connectivity index (χ2v) is 5.53. The van der Waals surface area contributed by atoms with Crippen molar-refractivity contribution in [1.29, 1.82) is 0 Å². The van der Waals surface area contributed by atoms with Gasteiger partial charge in [0.05, 0.1) is 16.6 Å². The van der Waals surface area contributed by atoms with Gasteiger partial charge in [-0.15, -0.1) is 10.2 Å². The van der Waals surface area contributed by atoms with Crippen molar-refractivity contribution in [2.24, 2.45) is 11.7 Å². The van der Waals surface area contributed by atoms with Crippen molar-refractivity contribution < 1.29 is 0 Å². The molecule has 0 aliphatic heterocycles. The second kappa shape index (κ2) is 5.90. The molecule has 1 aromatic carbocycles. The van der Waals surface area contributed by atoms with Crippen LogP contribution in [0.25, 0.3) is 11.4 Å². The van der Waals surface area contributed by atoms with Gasteiger partial charge in [0.15, 0.2) is 5.82 Å². The molecule has 0 amide bonds. The van der Waals surface area contributed by atoms with Gasteiger partial charge < -0.3 is 10.3 Å². The number of nitrogens with zero attached hydrogens (tertiary/aromatic N) is 3. The van der Waals surface area contributed by atoms with Crippen LogP contribution in [0, 0.1) is 5.92 Å². The summed E-state index contributed by atoms with van der Waals surface area (Å²) in [5, 5.41) is 9.32. The molecule has 0 aliphatic rings. The number of halogens is 2. The van der Waals surface area contributed by atoms with E-state index in [1.165, 1.54) is 0 Å². The van der Waals surface area contributed by atoms with Crippen molar-refractivity contribution >= 4 is 23.2 Å². The molecule has 0 radical (unpaired) electrons. The van der Waals surface area contributed by atoms with E-state index in [0.717, 1.165) is 17.9 Å². The molecule has 102 valence electrons. The van der Waals surface area contributed by atoms with Gasteiger partial charge in [-0.2, -0.15) is 0 Å². The zero-order valence-electron chi connectivity index (χ0n) is 10.9. The van der Waals surface area contributed by atoms with Gasteiger partial charge in [0.1, 0.15) is 5.82 Å². The monoisotopic (exact) mass is 298 g/mol. The Balaban J connectivity index is 2.55. The van der Waals surface area contributed by atoms with Crippen LogP contribution in [-0.4, -0.2) is 14.8 Å². The predicted octanol–water partition coefficient (Wildman–Crippen LogP) is 3.37. The average Bonchev–Trinajstić information content (AvgIpc) is 2.75. The van der Waals surface area contributed by atoms with Gasteiger partial charge >= 0.3 is 0 Å². The minimum absolute atomic E-state index is 0.345. The summed E-state index contributed by atoms with van der Waals surface area (Å²) in [6.45, 7) is 5.39. The molecule has 0 saturated carbocycles. The number of nitrogens with two attached hydrogens (primary N) is 1. The number of rotatable bonds is 4. The standard InChI is InChI=1S/C13H16Cl2N4/c1-8(2)7-19-11(6-16)17-18-13(19)9-4-3-5-10(14)12(9)15/h3-5,8H,6-7,16H2,1-2H3. The molecular formula is C13H16Cl2N4. The Labute approximate surface area is 122 Å². The van der Waals surface area contributed by atoms with Gasteiger partial charge in [0.25, 0.3) is 0 Å². The van der Waals surface area contributed by atoms with Gasteiger partial charge in [-0.25, -0.2) is 0 Å². The maximum Gasteiger partial charge on any atom is 0.165 e. The largest absolute Gasteiger partial charge is 0.324 e. The fraction of sp³-hybridized carbons (Fsp3) is 0.385. The Morgan fingerprint density at radius 1 is 1.26 bits per heavy atom. The summed E-state index contributed by atoms with van der Waals surface area (Å²) < 4.78 is 2.00. The van der Waals surface area contributed by atoms with E-state index in [9.17, 15) is 0 Å². The lowest BCUT2D eigenvalue weighted by molar-refractivity contribution is 0.510. The molecule has 0 saturated heterocycles. The molecule has 0 spiro atoms. The average molecular weight is 299 g/mol. The van der Waals surface area contributed by atoms with Crippen LogP contribution < -0.4 is 5.73 Å². The predicted molar refractivity (Wildman–Crippen MR) is 78.2 cm³/mol. The summed E-state index contributed by atoms with van der Waals surface area (Å²) in [6, 6.07) is 5.48. The fourth-order valence-electron chi connectivity index (χ4n) is 1.92. The molecule has 0 aliphatic carbocycles. The quantitative estimate of drug-likeness (QED) is 0.941. The lowest BCUT2D eigenvalue weighted by atomic mass is 10.2. The lowest BCUT2D eigenvalue weighted by Crippen LogP contribution is -2.13. The summed E-state index contributed by atoms with van der Waals surface area (Å²) in [5.74, 6) is 1.92. The van der Waals surface area contributed by atoms with Crippen LogP contribution >= 0.6 is 23.2 Å². The Kier molecular flexibility index (Phi) is 4.45. The molecule has 2 rings (SSSR count). The molecular weight excluding hydrogens is 283 g/mol. The maximum atomic E-state index is 6.24. The van der Waals surface area contributed by atoms with E-state index in [4.69, 9.17) is 28.9 Å². The molecule has 4 nitrogen and oxygen atoms in total. The molecule has 1 aromatic heterocycles. The third kappa shape index (κ3) is 2.91. The minimum Gasteiger partial charge on any atom is -0.324 e.